The van der Waals surface area contributed by atoms with Crippen molar-refractivity contribution in [1.29, 1.82) is 0 Å². The molecule has 0 saturated heterocycles. The third-order valence-corrected chi connectivity index (χ3v) is 2.61. The molecule has 1 unspecified atom stereocenters. The van der Waals surface area contributed by atoms with E-state index < -0.39 is 0 Å². The Morgan fingerprint density at radius 1 is 1.43 bits per heavy atom. The predicted molar refractivity (Wildman–Crippen MR) is 57.2 cm³/mol. The van der Waals surface area contributed by atoms with Crippen LogP contribution in [-0.2, 0) is 9.57 Å². The molecule has 14 heavy (non-hydrogen) atoms. The second-order valence-electron chi connectivity index (χ2n) is 3.02. The minimum atomic E-state index is -0.228. The Morgan fingerprint density at radius 3 is 2.71 bits per heavy atom. The molecule has 0 saturated carbocycles. The maximum absolute atomic E-state index is 5.05. The van der Waals surface area contributed by atoms with Gasteiger partial charge in [-0.15, -0.1) is 0 Å². The lowest BCUT2D eigenvalue weighted by molar-refractivity contribution is -0.103. The molecule has 0 amide bonds. The van der Waals surface area contributed by atoms with Crippen molar-refractivity contribution < 1.29 is 9.57 Å². The number of nitrogens with zero attached hydrogens (tertiary/aromatic N) is 1. The molecule has 0 fully saturated rings. The number of hydrogen-bond donors (Lipinski definition) is 0. The minimum Gasteiger partial charge on any atom is -0.363 e. The number of hydrogen-bond acceptors (Lipinski definition) is 3. The highest BCUT2D eigenvalue weighted by atomic mass is 79.9. The number of ether oxygens (including phenoxy) is 1. The highest BCUT2D eigenvalue weighted by Gasteiger charge is 2.20. The summed E-state index contributed by atoms with van der Waals surface area (Å²) in [6.45, 7) is 0. The first-order chi connectivity index (χ1) is 6.79. The molecule has 0 N–H and O–H groups in total. The molecular weight excluding hydrogens is 246 g/mol. The van der Waals surface area contributed by atoms with Crippen molar-refractivity contribution in [2.24, 2.45) is 5.16 Å². The van der Waals surface area contributed by atoms with Gasteiger partial charge < -0.3 is 9.57 Å². The van der Waals surface area contributed by atoms with Gasteiger partial charge in [0.1, 0.15) is 0 Å². The molecule has 0 aromatic heterocycles. The fourth-order valence-corrected chi connectivity index (χ4v) is 1.56. The van der Waals surface area contributed by atoms with Gasteiger partial charge in [0.15, 0.2) is 0 Å². The Labute approximate surface area is 90.8 Å². The van der Waals surface area contributed by atoms with Crippen molar-refractivity contribution in [3.05, 3.63) is 34.3 Å². The molecule has 0 aliphatic carbocycles. The van der Waals surface area contributed by atoms with E-state index in [2.05, 4.69) is 21.1 Å². The SMILES string of the molecule is COC1CC(c2ccc(Br)cc2)=NO1. The quantitative estimate of drug-likeness (QED) is 0.814. The average molecular weight is 256 g/mol. The molecule has 0 bridgehead atoms. The van der Waals surface area contributed by atoms with Gasteiger partial charge in [0, 0.05) is 11.6 Å². The Balaban J connectivity index is 2.13. The van der Waals surface area contributed by atoms with Crippen LogP contribution in [0.3, 0.4) is 0 Å². The fraction of sp³-hybridized carbons (Fsp3) is 0.300. The van der Waals surface area contributed by atoms with E-state index in [1.165, 1.54) is 0 Å². The Hall–Kier alpha value is -0.870. The van der Waals surface area contributed by atoms with Crippen LogP contribution in [0.15, 0.2) is 33.9 Å². The lowest BCUT2D eigenvalue weighted by Gasteiger charge is -2.03. The Morgan fingerprint density at radius 2 is 2.14 bits per heavy atom. The average Bonchev–Trinajstić information content (AvgIpc) is 2.67. The van der Waals surface area contributed by atoms with E-state index in [0.29, 0.717) is 6.42 Å². The molecule has 1 atom stereocenters. The van der Waals surface area contributed by atoms with Crippen molar-refractivity contribution in [2.75, 3.05) is 7.11 Å². The van der Waals surface area contributed by atoms with Crippen molar-refractivity contribution in [3.8, 4) is 0 Å². The summed E-state index contributed by atoms with van der Waals surface area (Å²) >= 11 is 3.38. The summed E-state index contributed by atoms with van der Waals surface area (Å²) in [6.07, 6.45) is 0.478. The molecule has 4 heteroatoms. The zero-order valence-corrected chi connectivity index (χ0v) is 9.32. The fourth-order valence-electron chi connectivity index (χ4n) is 1.29. The van der Waals surface area contributed by atoms with Crippen LogP contribution < -0.4 is 0 Å². The molecule has 1 aromatic rings. The third-order valence-electron chi connectivity index (χ3n) is 2.08. The lowest BCUT2D eigenvalue weighted by atomic mass is 10.1. The van der Waals surface area contributed by atoms with E-state index in [1.807, 2.05) is 24.3 Å². The molecule has 1 heterocycles. The normalized spacial score (nSPS) is 20.4. The highest BCUT2D eigenvalue weighted by molar-refractivity contribution is 9.10. The maximum Gasteiger partial charge on any atom is 0.232 e. The first kappa shape index (κ1) is 9.68. The van der Waals surface area contributed by atoms with Crippen LogP contribution in [0, 0.1) is 0 Å². The molecule has 74 valence electrons. The first-order valence-corrected chi connectivity index (χ1v) is 5.10. The van der Waals surface area contributed by atoms with Gasteiger partial charge in [-0.25, -0.2) is 0 Å². The lowest BCUT2D eigenvalue weighted by Crippen LogP contribution is -2.09. The van der Waals surface area contributed by atoms with Crippen molar-refractivity contribution in [3.63, 3.8) is 0 Å². The topological polar surface area (TPSA) is 30.8 Å². The van der Waals surface area contributed by atoms with E-state index in [-0.39, 0.29) is 6.29 Å². The summed E-state index contributed by atoms with van der Waals surface area (Å²) in [7, 11) is 1.62. The summed E-state index contributed by atoms with van der Waals surface area (Å²) < 4.78 is 6.10. The van der Waals surface area contributed by atoms with Crippen LogP contribution in [0.5, 0.6) is 0 Å². The van der Waals surface area contributed by atoms with Gasteiger partial charge in [-0.1, -0.05) is 33.2 Å². The largest absolute Gasteiger partial charge is 0.363 e. The second kappa shape index (κ2) is 4.11. The zero-order valence-electron chi connectivity index (χ0n) is 7.74. The predicted octanol–water partition coefficient (Wildman–Crippen LogP) is 2.55. The number of methoxy groups -OCH3 is 1. The van der Waals surface area contributed by atoms with Crippen LogP contribution in [0.1, 0.15) is 12.0 Å². The summed E-state index contributed by atoms with van der Waals surface area (Å²) in [5.74, 6) is 0. The number of oxime groups is 1. The summed E-state index contributed by atoms with van der Waals surface area (Å²) in [4.78, 5) is 5.05. The maximum atomic E-state index is 5.05. The highest BCUT2D eigenvalue weighted by Crippen LogP contribution is 2.18. The van der Waals surface area contributed by atoms with E-state index in [4.69, 9.17) is 9.57 Å². The van der Waals surface area contributed by atoms with Gasteiger partial charge >= 0.3 is 0 Å². The van der Waals surface area contributed by atoms with E-state index in [9.17, 15) is 0 Å². The van der Waals surface area contributed by atoms with Crippen molar-refractivity contribution >= 4 is 21.6 Å². The standard InChI is InChI=1S/C10H10BrNO2/c1-13-10-6-9(12-14-10)7-2-4-8(11)5-3-7/h2-5,10H,6H2,1H3. The van der Waals surface area contributed by atoms with Crippen LogP contribution in [0.4, 0.5) is 0 Å². The monoisotopic (exact) mass is 255 g/mol. The third kappa shape index (κ3) is 1.96. The first-order valence-electron chi connectivity index (χ1n) is 4.31. The molecule has 2 rings (SSSR count). The second-order valence-corrected chi connectivity index (χ2v) is 3.94. The van der Waals surface area contributed by atoms with E-state index >= 15 is 0 Å². The molecule has 1 aliphatic rings. The van der Waals surface area contributed by atoms with Crippen LogP contribution in [0.25, 0.3) is 0 Å². The molecular formula is C10H10BrNO2. The molecule has 1 aromatic carbocycles. The van der Waals surface area contributed by atoms with Crippen molar-refractivity contribution in [2.45, 2.75) is 12.7 Å². The Kier molecular flexibility index (Phi) is 2.84. The van der Waals surface area contributed by atoms with Gasteiger partial charge in [-0.2, -0.15) is 0 Å². The summed E-state index contributed by atoms with van der Waals surface area (Å²) in [5.41, 5.74) is 2.01. The van der Waals surface area contributed by atoms with E-state index in [0.717, 1.165) is 15.7 Å². The van der Waals surface area contributed by atoms with Gasteiger partial charge in [0.05, 0.1) is 12.1 Å². The number of halogens is 1. The smallest absolute Gasteiger partial charge is 0.232 e. The molecule has 1 aliphatic heterocycles. The van der Waals surface area contributed by atoms with Crippen molar-refractivity contribution in [1.82, 2.24) is 0 Å². The van der Waals surface area contributed by atoms with Gasteiger partial charge in [-0.3, -0.25) is 0 Å². The summed E-state index contributed by atoms with van der Waals surface area (Å²) in [5, 5.41) is 3.96. The van der Waals surface area contributed by atoms with Crippen LogP contribution in [0.2, 0.25) is 0 Å². The number of rotatable bonds is 2. The number of benzene rings is 1. The molecule has 3 nitrogen and oxygen atoms in total. The van der Waals surface area contributed by atoms with E-state index in [1.54, 1.807) is 7.11 Å². The minimum absolute atomic E-state index is 0.228. The van der Waals surface area contributed by atoms with Gasteiger partial charge in [0.25, 0.3) is 0 Å². The van der Waals surface area contributed by atoms with Crippen LogP contribution >= 0.6 is 15.9 Å². The molecule has 0 spiro atoms. The van der Waals surface area contributed by atoms with Gasteiger partial charge in [0.2, 0.25) is 6.29 Å². The summed E-state index contributed by atoms with van der Waals surface area (Å²) in [6, 6.07) is 7.98. The molecule has 0 radical (unpaired) electrons. The Bertz CT molecular complexity index is 348. The van der Waals surface area contributed by atoms with Crippen LogP contribution in [-0.4, -0.2) is 19.1 Å². The zero-order chi connectivity index (χ0) is 9.97. The van der Waals surface area contributed by atoms with Gasteiger partial charge in [-0.05, 0) is 17.7 Å².